The van der Waals surface area contributed by atoms with Crippen molar-refractivity contribution in [2.45, 2.75) is 30.2 Å². The molecule has 1 aliphatic heterocycles. The molecular formula is C18H19N4O4S-. The van der Waals surface area contributed by atoms with Gasteiger partial charge in [-0.25, -0.2) is 0 Å². The van der Waals surface area contributed by atoms with Gasteiger partial charge >= 0.3 is 0 Å². The topological polar surface area (TPSA) is 112 Å². The summed E-state index contributed by atoms with van der Waals surface area (Å²) in [5.41, 5.74) is 1.21. The molecule has 4 rings (SSSR count). The van der Waals surface area contributed by atoms with Crippen molar-refractivity contribution in [2.24, 2.45) is 0 Å². The molecule has 0 saturated carbocycles. The summed E-state index contributed by atoms with van der Waals surface area (Å²) in [6, 6.07) is 8.30. The van der Waals surface area contributed by atoms with Gasteiger partial charge in [0.2, 0.25) is 0 Å². The van der Waals surface area contributed by atoms with Crippen molar-refractivity contribution < 1.29 is 13.5 Å². The van der Waals surface area contributed by atoms with Crippen molar-refractivity contribution in [1.29, 1.82) is 0 Å². The first-order chi connectivity index (χ1) is 13.1. The number of benzene rings is 1. The van der Waals surface area contributed by atoms with Crippen LogP contribution in [0.1, 0.15) is 25.3 Å². The molecule has 0 aliphatic carbocycles. The van der Waals surface area contributed by atoms with E-state index in [9.17, 15) is 13.6 Å². The quantitative estimate of drug-likeness (QED) is 0.665. The van der Waals surface area contributed by atoms with E-state index in [2.05, 4.69) is 15.4 Å². The molecule has 1 aromatic carbocycles. The molecule has 0 bridgehead atoms. The summed E-state index contributed by atoms with van der Waals surface area (Å²) >= 11 is -2.27. The Bertz CT molecular complexity index is 1020. The summed E-state index contributed by atoms with van der Waals surface area (Å²) in [7, 11) is 0. The van der Waals surface area contributed by atoms with E-state index in [4.69, 9.17) is 4.74 Å². The predicted octanol–water partition coefficient (Wildman–Crippen LogP) is 2.45. The number of hydrogen-bond donors (Lipinski definition) is 2. The molecule has 8 nitrogen and oxygen atoms in total. The van der Waals surface area contributed by atoms with Crippen molar-refractivity contribution in [3.05, 3.63) is 46.9 Å². The van der Waals surface area contributed by atoms with Crippen LogP contribution in [0.15, 0.2) is 46.2 Å². The van der Waals surface area contributed by atoms with Crippen LogP contribution in [0, 0.1) is 0 Å². The predicted molar refractivity (Wildman–Crippen MR) is 101 cm³/mol. The molecule has 1 fully saturated rings. The Morgan fingerprint density at radius 3 is 2.81 bits per heavy atom. The number of anilines is 2. The van der Waals surface area contributed by atoms with Gasteiger partial charge in [0.05, 0.1) is 11.6 Å². The van der Waals surface area contributed by atoms with Gasteiger partial charge in [-0.2, -0.15) is 5.10 Å². The van der Waals surface area contributed by atoms with Crippen LogP contribution in [-0.4, -0.2) is 36.7 Å². The van der Waals surface area contributed by atoms with Gasteiger partial charge in [-0.3, -0.25) is 13.7 Å². The Morgan fingerprint density at radius 1 is 1.22 bits per heavy atom. The summed E-state index contributed by atoms with van der Waals surface area (Å²) in [6.07, 6.45) is 4.35. The first-order valence-electron chi connectivity index (χ1n) is 8.77. The zero-order valence-electron chi connectivity index (χ0n) is 14.5. The molecule has 9 heteroatoms. The van der Waals surface area contributed by atoms with E-state index in [-0.39, 0.29) is 16.5 Å². The fourth-order valence-corrected chi connectivity index (χ4v) is 3.74. The largest absolute Gasteiger partial charge is 0.768 e. The lowest BCUT2D eigenvalue weighted by Crippen LogP contribution is -2.12. The number of H-pyrrole nitrogens is 1. The normalized spacial score (nSPS) is 18.9. The Morgan fingerprint density at radius 2 is 2.04 bits per heavy atom. The van der Waals surface area contributed by atoms with Crippen LogP contribution in [0.3, 0.4) is 0 Å². The molecule has 2 N–H and O–H groups in total. The number of nitrogens with zero attached hydrogens (tertiary/aromatic N) is 2. The van der Waals surface area contributed by atoms with Crippen molar-refractivity contribution >= 4 is 33.5 Å². The van der Waals surface area contributed by atoms with Crippen LogP contribution >= 0.6 is 0 Å². The van der Waals surface area contributed by atoms with Gasteiger partial charge in [-0.1, -0.05) is 0 Å². The number of hydrogen-bond acceptors (Lipinski definition) is 6. The van der Waals surface area contributed by atoms with E-state index in [1.165, 1.54) is 12.1 Å². The smallest absolute Gasteiger partial charge is 0.261 e. The van der Waals surface area contributed by atoms with Crippen LogP contribution in [-0.2, 0) is 15.8 Å². The highest BCUT2D eigenvalue weighted by atomic mass is 32.2. The third kappa shape index (κ3) is 3.66. The lowest BCUT2D eigenvalue weighted by atomic mass is 10.1. The zero-order valence-corrected chi connectivity index (χ0v) is 15.3. The van der Waals surface area contributed by atoms with Gasteiger partial charge < -0.3 is 19.6 Å². The molecule has 3 heterocycles. The number of pyridine rings is 1. The molecule has 27 heavy (non-hydrogen) atoms. The van der Waals surface area contributed by atoms with Gasteiger partial charge in [0.25, 0.3) is 5.56 Å². The molecule has 1 aliphatic rings. The van der Waals surface area contributed by atoms with Gasteiger partial charge in [-0.05, 0) is 60.7 Å². The number of aromatic amines is 1. The van der Waals surface area contributed by atoms with E-state index < -0.39 is 11.1 Å². The third-order valence-corrected chi connectivity index (χ3v) is 5.36. The molecule has 2 aromatic heterocycles. The molecular weight excluding hydrogens is 368 g/mol. The second-order valence-electron chi connectivity index (χ2n) is 6.44. The highest BCUT2D eigenvalue weighted by Gasteiger charge is 2.21. The van der Waals surface area contributed by atoms with Crippen LogP contribution in [0.25, 0.3) is 10.9 Å². The Labute approximate surface area is 157 Å². The highest BCUT2D eigenvalue weighted by Crippen LogP contribution is 2.29. The average Bonchev–Trinajstić information content (AvgIpc) is 2.84. The van der Waals surface area contributed by atoms with Crippen molar-refractivity contribution in [3.63, 3.8) is 0 Å². The van der Waals surface area contributed by atoms with E-state index in [1.807, 2.05) is 10.7 Å². The molecule has 1 saturated heterocycles. The molecule has 0 spiro atoms. The lowest BCUT2D eigenvalue weighted by molar-refractivity contribution is 0.141. The SMILES string of the molecule is O=c1[nH]ccc2c1c(Nc1ccc(S(=O)[O-])cc1)nn2C1CCCOCC1. The number of nitrogens with one attached hydrogen (secondary N) is 2. The zero-order chi connectivity index (χ0) is 18.8. The molecule has 2 atom stereocenters. The summed E-state index contributed by atoms with van der Waals surface area (Å²) < 4.78 is 29.5. The minimum Gasteiger partial charge on any atom is -0.768 e. The minimum absolute atomic E-state index is 0.164. The third-order valence-electron chi connectivity index (χ3n) is 4.71. The summed E-state index contributed by atoms with van der Waals surface area (Å²) in [6.45, 7) is 1.42. The fraction of sp³-hybridized carbons (Fsp3) is 0.333. The van der Waals surface area contributed by atoms with Crippen molar-refractivity contribution in [1.82, 2.24) is 14.8 Å². The van der Waals surface area contributed by atoms with Crippen LogP contribution in [0.5, 0.6) is 0 Å². The van der Waals surface area contributed by atoms with Gasteiger partial charge in [0.1, 0.15) is 5.39 Å². The maximum atomic E-state index is 12.4. The molecule has 142 valence electrons. The number of ether oxygens (including phenoxy) is 1. The standard InChI is InChI=1S/C18H20N4O4S/c23-18-16-15(7-9-19-18)22(13-2-1-10-26-11-8-13)21-17(16)20-12-3-5-14(6-4-12)27(24)25/h3-7,9,13H,1-2,8,10-11H2,(H,19,23)(H,20,21)(H,24,25)/p-1. The first-order valence-corrected chi connectivity index (χ1v) is 9.85. The van der Waals surface area contributed by atoms with E-state index in [1.54, 1.807) is 18.3 Å². The summed E-state index contributed by atoms with van der Waals surface area (Å²) in [5, 5.41) is 8.31. The van der Waals surface area contributed by atoms with Gasteiger partial charge in [0, 0.05) is 30.0 Å². The highest BCUT2D eigenvalue weighted by molar-refractivity contribution is 7.79. The second kappa shape index (κ2) is 7.63. The maximum absolute atomic E-state index is 12.4. The maximum Gasteiger partial charge on any atom is 0.261 e. The number of aromatic nitrogens is 3. The number of fused-ring (bicyclic) bond motifs is 1. The average molecular weight is 387 g/mol. The van der Waals surface area contributed by atoms with Crippen molar-refractivity contribution in [3.8, 4) is 0 Å². The summed E-state index contributed by atoms with van der Waals surface area (Å²) in [4.78, 5) is 15.3. The van der Waals surface area contributed by atoms with Crippen LogP contribution in [0.2, 0.25) is 0 Å². The lowest BCUT2D eigenvalue weighted by Gasteiger charge is -2.15. The van der Waals surface area contributed by atoms with E-state index in [0.717, 1.165) is 31.4 Å². The Balaban J connectivity index is 1.73. The summed E-state index contributed by atoms with van der Waals surface area (Å²) in [5.74, 6) is 0.452. The fourth-order valence-electron chi connectivity index (χ4n) is 3.38. The minimum atomic E-state index is -2.27. The first kappa shape index (κ1) is 17.9. The monoisotopic (exact) mass is 387 g/mol. The van der Waals surface area contributed by atoms with Crippen LogP contribution in [0.4, 0.5) is 11.5 Å². The molecule has 2 unspecified atom stereocenters. The van der Waals surface area contributed by atoms with Gasteiger partial charge in [0.15, 0.2) is 5.82 Å². The molecule has 3 aromatic rings. The van der Waals surface area contributed by atoms with Crippen LogP contribution < -0.4 is 10.9 Å². The molecule has 0 amide bonds. The second-order valence-corrected chi connectivity index (χ2v) is 7.38. The van der Waals surface area contributed by atoms with Crippen molar-refractivity contribution in [2.75, 3.05) is 18.5 Å². The number of rotatable bonds is 4. The van der Waals surface area contributed by atoms with E-state index >= 15 is 0 Å². The Kier molecular flexibility index (Phi) is 5.06. The molecule has 0 radical (unpaired) electrons. The Hall–Kier alpha value is -2.49. The van der Waals surface area contributed by atoms with Gasteiger partial charge in [-0.15, -0.1) is 0 Å². The van der Waals surface area contributed by atoms with E-state index in [0.29, 0.717) is 23.5 Å².